The molecule has 0 saturated carbocycles. The largest absolute Gasteiger partial charge is 0.387 e. The van der Waals surface area contributed by atoms with Crippen LogP contribution in [0.25, 0.3) is 27.8 Å². The van der Waals surface area contributed by atoms with E-state index in [2.05, 4.69) is 65.7 Å². The summed E-state index contributed by atoms with van der Waals surface area (Å²) in [7, 11) is 1.91. The van der Waals surface area contributed by atoms with Gasteiger partial charge in [-0.3, -0.25) is 9.50 Å². The Kier molecular flexibility index (Phi) is 2.85. The number of imidazole rings is 1. The molecule has 0 spiro atoms. The van der Waals surface area contributed by atoms with Crippen molar-refractivity contribution in [1.29, 1.82) is 0 Å². The van der Waals surface area contributed by atoms with E-state index in [0.717, 1.165) is 37.2 Å². The Balaban J connectivity index is 2.04. The number of nitrogens with one attached hydrogen (secondary N) is 2. The average Bonchev–Trinajstić information content (AvgIpc) is 3.10. The van der Waals surface area contributed by atoms with E-state index in [-0.39, 0.29) is 0 Å². The number of H-pyrrole nitrogens is 1. The van der Waals surface area contributed by atoms with Gasteiger partial charge in [0, 0.05) is 24.2 Å². The van der Waals surface area contributed by atoms with Crippen LogP contribution in [0, 0.1) is 3.70 Å². The van der Waals surface area contributed by atoms with Crippen LogP contribution in [0.4, 0.5) is 5.69 Å². The first-order valence-corrected chi connectivity index (χ1v) is 7.63. The molecule has 6 heteroatoms. The maximum Gasteiger partial charge on any atom is 0.137 e. The highest BCUT2D eigenvalue weighted by molar-refractivity contribution is 14.1. The van der Waals surface area contributed by atoms with Crippen LogP contribution in [-0.4, -0.2) is 26.6 Å². The minimum atomic E-state index is 0.922. The summed E-state index contributed by atoms with van der Waals surface area (Å²) in [6.45, 7) is 0. The molecule has 0 unspecified atom stereocenters. The van der Waals surface area contributed by atoms with Gasteiger partial charge in [0.2, 0.25) is 0 Å². The molecule has 0 saturated heterocycles. The predicted molar refractivity (Wildman–Crippen MR) is 92.5 cm³/mol. The van der Waals surface area contributed by atoms with E-state index in [1.807, 2.05) is 31.6 Å². The van der Waals surface area contributed by atoms with Crippen LogP contribution in [0.3, 0.4) is 0 Å². The van der Waals surface area contributed by atoms with Gasteiger partial charge in [0.15, 0.2) is 0 Å². The van der Waals surface area contributed by atoms with Gasteiger partial charge in [-0.1, -0.05) is 18.2 Å². The maximum absolute atomic E-state index is 4.48. The molecule has 4 rings (SSSR count). The minimum Gasteiger partial charge on any atom is -0.387 e. The highest BCUT2D eigenvalue weighted by atomic mass is 127. The van der Waals surface area contributed by atoms with Gasteiger partial charge in [0.05, 0.1) is 17.6 Å². The molecule has 0 atom stereocenters. The van der Waals surface area contributed by atoms with Crippen LogP contribution in [0.1, 0.15) is 0 Å². The summed E-state index contributed by atoms with van der Waals surface area (Å²) in [6.07, 6.45) is 3.94. The number of benzene rings is 1. The van der Waals surface area contributed by atoms with Gasteiger partial charge < -0.3 is 5.32 Å². The first-order chi connectivity index (χ1) is 10.3. The van der Waals surface area contributed by atoms with Gasteiger partial charge >= 0.3 is 0 Å². The summed E-state index contributed by atoms with van der Waals surface area (Å²) in [4.78, 5) is 4.48. The van der Waals surface area contributed by atoms with E-state index >= 15 is 0 Å². The van der Waals surface area contributed by atoms with Crippen LogP contribution in [0.2, 0.25) is 0 Å². The SMILES string of the molecule is CNc1ccc2ncc(-c3cccc4c(I)[nH]nc34)n2c1. The lowest BCUT2D eigenvalue weighted by Gasteiger charge is -2.05. The fraction of sp³-hybridized carbons (Fsp3) is 0.0667. The van der Waals surface area contributed by atoms with Crippen molar-refractivity contribution in [3.05, 3.63) is 46.4 Å². The van der Waals surface area contributed by atoms with Crippen molar-refractivity contribution in [3.8, 4) is 11.3 Å². The number of para-hydroxylation sites is 1. The van der Waals surface area contributed by atoms with Crippen LogP contribution in [-0.2, 0) is 0 Å². The number of hydrogen-bond acceptors (Lipinski definition) is 3. The van der Waals surface area contributed by atoms with Crippen molar-refractivity contribution in [2.45, 2.75) is 0 Å². The molecule has 2 N–H and O–H groups in total. The molecule has 3 aromatic heterocycles. The first-order valence-electron chi connectivity index (χ1n) is 6.56. The molecule has 0 amide bonds. The Morgan fingerprint density at radius 3 is 3.00 bits per heavy atom. The number of aromatic amines is 1. The van der Waals surface area contributed by atoms with Crippen molar-refractivity contribution in [1.82, 2.24) is 19.6 Å². The molecule has 0 aliphatic rings. The van der Waals surface area contributed by atoms with E-state index in [9.17, 15) is 0 Å². The summed E-state index contributed by atoms with van der Waals surface area (Å²) in [5, 5.41) is 11.8. The molecular formula is C15H12IN5. The fourth-order valence-corrected chi connectivity index (χ4v) is 3.10. The van der Waals surface area contributed by atoms with Gasteiger partial charge in [-0.15, -0.1) is 0 Å². The summed E-state index contributed by atoms with van der Waals surface area (Å²) in [5.41, 5.74) is 5.05. The number of pyridine rings is 1. The summed E-state index contributed by atoms with van der Waals surface area (Å²) in [5.74, 6) is 0. The minimum absolute atomic E-state index is 0.922. The number of nitrogens with zero attached hydrogens (tertiary/aromatic N) is 3. The van der Waals surface area contributed by atoms with Gasteiger partial charge in [-0.05, 0) is 34.7 Å². The number of fused-ring (bicyclic) bond motifs is 2. The van der Waals surface area contributed by atoms with Gasteiger partial charge in [0.1, 0.15) is 14.9 Å². The second-order valence-electron chi connectivity index (χ2n) is 4.78. The second kappa shape index (κ2) is 4.73. The van der Waals surface area contributed by atoms with Crippen molar-refractivity contribution in [2.24, 2.45) is 0 Å². The molecule has 0 radical (unpaired) electrons. The number of halogens is 1. The third-order valence-corrected chi connectivity index (χ3v) is 4.43. The van der Waals surface area contributed by atoms with Crippen molar-refractivity contribution >= 4 is 44.8 Å². The van der Waals surface area contributed by atoms with Gasteiger partial charge in [-0.2, -0.15) is 5.10 Å². The Hall–Kier alpha value is -2.09. The number of anilines is 1. The number of aromatic nitrogens is 4. The zero-order chi connectivity index (χ0) is 14.4. The van der Waals surface area contributed by atoms with Crippen molar-refractivity contribution in [3.63, 3.8) is 0 Å². The topological polar surface area (TPSA) is 58.0 Å². The maximum atomic E-state index is 4.48. The highest BCUT2D eigenvalue weighted by Gasteiger charge is 2.13. The van der Waals surface area contributed by atoms with Crippen LogP contribution < -0.4 is 5.32 Å². The first kappa shape index (κ1) is 12.6. The normalized spacial score (nSPS) is 11.3. The number of rotatable bonds is 2. The Labute approximate surface area is 134 Å². The van der Waals surface area contributed by atoms with Crippen molar-refractivity contribution < 1.29 is 0 Å². The smallest absolute Gasteiger partial charge is 0.137 e. The van der Waals surface area contributed by atoms with E-state index in [1.165, 1.54) is 0 Å². The standard InChI is InChI=1S/C15H12IN5/c1-17-9-5-6-13-18-7-12(21(13)8-9)10-3-2-4-11-14(10)19-20-15(11)16/h2-8,17H,1H3,(H,19,20). The molecule has 104 valence electrons. The van der Waals surface area contributed by atoms with Crippen LogP contribution in [0.5, 0.6) is 0 Å². The predicted octanol–water partition coefficient (Wildman–Crippen LogP) is 3.52. The lowest BCUT2D eigenvalue weighted by atomic mass is 10.1. The molecular weight excluding hydrogens is 377 g/mol. The Morgan fingerprint density at radius 1 is 1.24 bits per heavy atom. The molecule has 3 heterocycles. The van der Waals surface area contributed by atoms with E-state index in [1.54, 1.807) is 0 Å². The zero-order valence-electron chi connectivity index (χ0n) is 11.3. The highest BCUT2D eigenvalue weighted by Crippen LogP contribution is 2.30. The van der Waals surface area contributed by atoms with Crippen molar-refractivity contribution in [2.75, 3.05) is 12.4 Å². The lowest BCUT2D eigenvalue weighted by Crippen LogP contribution is -1.93. The summed E-state index contributed by atoms with van der Waals surface area (Å²) < 4.78 is 3.14. The van der Waals surface area contributed by atoms with Gasteiger partial charge in [-0.25, -0.2) is 4.98 Å². The van der Waals surface area contributed by atoms with Crippen LogP contribution >= 0.6 is 22.6 Å². The Bertz CT molecular complexity index is 953. The molecule has 0 aliphatic heterocycles. The van der Waals surface area contributed by atoms with E-state index < -0.39 is 0 Å². The quantitative estimate of drug-likeness (QED) is 0.516. The fourth-order valence-electron chi connectivity index (χ4n) is 2.54. The summed E-state index contributed by atoms with van der Waals surface area (Å²) in [6, 6.07) is 10.2. The van der Waals surface area contributed by atoms with Gasteiger partial charge in [0.25, 0.3) is 0 Å². The molecule has 0 aliphatic carbocycles. The third kappa shape index (κ3) is 1.90. The third-order valence-electron chi connectivity index (χ3n) is 3.61. The molecule has 5 nitrogen and oxygen atoms in total. The molecule has 0 bridgehead atoms. The average molecular weight is 389 g/mol. The number of hydrogen-bond donors (Lipinski definition) is 2. The monoisotopic (exact) mass is 389 g/mol. The van der Waals surface area contributed by atoms with Crippen LogP contribution in [0.15, 0.2) is 42.7 Å². The molecule has 4 aromatic rings. The molecule has 1 aromatic carbocycles. The Morgan fingerprint density at radius 2 is 2.14 bits per heavy atom. The lowest BCUT2D eigenvalue weighted by molar-refractivity contribution is 1.09. The van der Waals surface area contributed by atoms with E-state index in [0.29, 0.717) is 0 Å². The second-order valence-corrected chi connectivity index (χ2v) is 5.86. The van der Waals surface area contributed by atoms with E-state index in [4.69, 9.17) is 0 Å². The molecule has 21 heavy (non-hydrogen) atoms. The molecule has 0 fully saturated rings. The zero-order valence-corrected chi connectivity index (χ0v) is 13.4. The summed E-state index contributed by atoms with van der Waals surface area (Å²) >= 11 is 2.27.